The van der Waals surface area contributed by atoms with E-state index in [0.29, 0.717) is 29.4 Å². The van der Waals surface area contributed by atoms with E-state index in [4.69, 9.17) is 9.47 Å². The SMILES string of the molecule is COc1ccc(C=C2Oc3ccccc3N(CC(=O)NCCCN3CCN(c4ccccc4F)CC3)C2=O)cc1. The molecule has 0 unspecified atom stereocenters. The fourth-order valence-electron chi connectivity index (χ4n) is 4.92. The second-order valence-corrected chi connectivity index (χ2v) is 9.73. The van der Waals surface area contributed by atoms with Gasteiger partial charge in [-0.15, -0.1) is 0 Å². The lowest BCUT2D eigenvalue weighted by Crippen LogP contribution is -2.47. The summed E-state index contributed by atoms with van der Waals surface area (Å²) in [5, 5.41) is 2.95. The van der Waals surface area contributed by atoms with Crippen LogP contribution in [0.25, 0.3) is 6.08 Å². The summed E-state index contributed by atoms with van der Waals surface area (Å²) in [6.45, 7) is 4.42. The Labute approximate surface area is 233 Å². The van der Waals surface area contributed by atoms with E-state index in [1.54, 1.807) is 31.4 Å². The molecule has 0 bridgehead atoms. The molecule has 9 heteroatoms. The predicted molar refractivity (Wildman–Crippen MR) is 153 cm³/mol. The maximum Gasteiger partial charge on any atom is 0.294 e. The Morgan fingerprint density at radius 2 is 1.68 bits per heavy atom. The van der Waals surface area contributed by atoms with Gasteiger partial charge in [0.25, 0.3) is 5.91 Å². The van der Waals surface area contributed by atoms with Crippen molar-refractivity contribution in [3.63, 3.8) is 0 Å². The molecule has 5 rings (SSSR count). The van der Waals surface area contributed by atoms with Crippen LogP contribution in [0.15, 0.2) is 78.6 Å². The van der Waals surface area contributed by atoms with Gasteiger partial charge in [-0.3, -0.25) is 19.4 Å². The van der Waals surface area contributed by atoms with Crippen molar-refractivity contribution in [3.8, 4) is 11.5 Å². The number of hydrogen-bond acceptors (Lipinski definition) is 6. The minimum absolute atomic E-state index is 0.111. The third-order valence-electron chi connectivity index (χ3n) is 7.09. The molecule has 2 amide bonds. The predicted octanol–water partition coefficient (Wildman–Crippen LogP) is 3.93. The Morgan fingerprint density at radius 1 is 0.975 bits per heavy atom. The van der Waals surface area contributed by atoms with Crippen molar-refractivity contribution in [2.45, 2.75) is 6.42 Å². The maximum atomic E-state index is 14.1. The molecule has 40 heavy (non-hydrogen) atoms. The van der Waals surface area contributed by atoms with Gasteiger partial charge in [-0.1, -0.05) is 36.4 Å². The quantitative estimate of drug-likeness (QED) is 0.325. The second kappa shape index (κ2) is 12.7. The Bertz CT molecular complexity index is 1370. The molecule has 1 fully saturated rings. The summed E-state index contributed by atoms with van der Waals surface area (Å²) in [6, 6.07) is 21.3. The number of anilines is 2. The van der Waals surface area contributed by atoms with Gasteiger partial charge in [-0.2, -0.15) is 0 Å². The van der Waals surface area contributed by atoms with Gasteiger partial charge in [0.2, 0.25) is 5.91 Å². The molecule has 0 aliphatic carbocycles. The number of halogens is 1. The molecule has 0 aromatic heterocycles. The van der Waals surface area contributed by atoms with E-state index < -0.39 is 0 Å². The zero-order chi connectivity index (χ0) is 27.9. The van der Waals surface area contributed by atoms with Crippen LogP contribution < -0.4 is 24.6 Å². The minimum Gasteiger partial charge on any atom is -0.497 e. The molecular formula is C31H33FN4O4. The zero-order valence-corrected chi connectivity index (χ0v) is 22.5. The van der Waals surface area contributed by atoms with Crippen LogP contribution in [0.3, 0.4) is 0 Å². The summed E-state index contributed by atoms with van der Waals surface area (Å²) in [6.07, 6.45) is 2.44. The number of carbonyl (C=O) groups is 2. The normalized spacial score (nSPS) is 16.4. The number of amides is 2. The number of carbonyl (C=O) groups excluding carboxylic acids is 2. The lowest BCUT2D eigenvalue weighted by atomic mass is 10.1. The highest BCUT2D eigenvalue weighted by atomic mass is 19.1. The first kappa shape index (κ1) is 27.2. The van der Waals surface area contributed by atoms with Crippen LogP contribution in [0.2, 0.25) is 0 Å². The van der Waals surface area contributed by atoms with Crippen molar-refractivity contribution >= 4 is 29.3 Å². The van der Waals surface area contributed by atoms with Gasteiger partial charge in [0.15, 0.2) is 11.5 Å². The summed E-state index contributed by atoms with van der Waals surface area (Å²) in [4.78, 5) is 32.0. The number of methoxy groups -OCH3 is 1. The van der Waals surface area contributed by atoms with E-state index in [9.17, 15) is 14.0 Å². The van der Waals surface area contributed by atoms with Gasteiger partial charge >= 0.3 is 0 Å². The van der Waals surface area contributed by atoms with Crippen molar-refractivity contribution < 1.29 is 23.5 Å². The van der Waals surface area contributed by atoms with Gasteiger partial charge in [0, 0.05) is 32.7 Å². The monoisotopic (exact) mass is 544 g/mol. The summed E-state index contributed by atoms with van der Waals surface area (Å²) >= 11 is 0. The summed E-state index contributed by atoms with van der Waals surface area (Å²) in [7, 11) is 1.59. The first-order valence-corrected chi connectivity index (χ1v) is 13.4. The van der Waals surface area contributed by atoms with Crippen LogP contribution >= 0.6 is 0 Å². The van der Waals surface area contributed by atoms with Gasteiger partial charge in [-0.25, -0.2) is 4.39 Å². The summed E-state index contributed by atoms with van der Waals surface area (Å²) in [5.41, 5.74) is 1.99. The highest BCUT2D eigenvalue weighted by molar-refractivity contribution is 6.12. The number of nitrogens with zero attached hydrogens (tertiary/aromatic N) is 3. The van der Waals surface area contributed by atoms with Crippen LogP contribution in [-0.4, -0.2) is 69.6 Å². The molecule has 0 spiro atoms. The number of ether oxygens (including phenoxy) is 2. The largest absolute Gasteiger partial charge is 0.497 e. The van der Waals surface area contributed by atoms with Crippen molar-refractivity contribution in [1.29, 1.82) is 0 Å². The van der Waals surface area contributed by atoms with E-state index in [1.807, 2.05) is 48.5 Å². The third-order valence-corrected chi connectivity index (χ3v) is 7.09. The minimum atomic E-state index is -0.377. The maximum absolute atomic E-state index is 14.1. The zero-order valence-electron chi connectivity index (χ0n) is 22.5. The van der Waals surface area contributed by atoms with Crippen molar-refractivity contribution in [3.05, 3.63) is 89.9 Å². The van der Waals surface area contributed by atoms with Gasteiger partial charge in [-0.05, 0) is 61.0 Å². The van der Waals surface area contributed by atoms with Gasteiger partial charge in [0.1, 0.15) is 18.1 Å². The van der Waals surface area contributed by atoms with Crippen molar-refractivity contribution in [1.82, 2.24) is 10.2 Å². The molecule has 3 aromatic carbocycles. The fraction of sp³-hybridized carbons (Fsp3) is 0.290. The molecule has 0 atom stereocenters. The number of fused-ring (bicyclic) bond motifs is 1. The average molecular weight is 545 g/mol. The Hall–Kier alpha value is -4.37. The van der Waals surface area contributed by atoms with E-state index in [1.165, 1.54) is 11.0 Å². The van der Waals surface area contributed by atoms with Gasteiger partial charge in [0.05, 0.1) is 18.5 Å². The van der Waals surface area contributed by atoms with Crippen LogP contribution in [0.4, 0.5) is 15.8 Å². The number of nitrogens with one attached hydrogen (secondary N) is 1. The van der Waals surface area contributed by atoms with Crippen LogP contribution in [0.5, 0.6) is 11.5 Å². The smallest absolute Gasteiger partial charge is 0.294 e. The molecule has 8 nitrogen and oxygen atoms in total. The van der Waals surface area contributed by atoms with Crippen molar-refractivity contribution in [2.24, 2.45) is 0 Å². The first-order valence-electron chi connectivity index (χ1n) is 13.4. The van der Waals surface area contributed by atoms with E-state index in [0.717, 1.165) is 44.7 Å². The molecule has 208 valence electrons. The van der Waals surface area contributed by atoms with Crippen LogP contribution in [0.1, 0.15) is 12.0 Å². The van der Waals surface area contributed by atoms with Crippen LogP contribution in [0, 0.1) is 5.82 Å². The first-order chi connectivity index (χ1) is 19.5. The Morgan fingerprint density at radius 3 is 2.40 bits per heavy atom. The molecule has 0 saturated carbocycles. The Kier molecular flexibility index (Phi) is 8.61. The molecular weight excluding hydrogens is 511 g/mol. The summed E-state index contributed by atoms with van der Waals surface area (Å²) in [5.74, 6) is 0.570. The van der Waals surface area contributed by atoms with E-state index in [2.05, 4.69) is 15.1 Å². The molecule has 2 aliphatic rings. The lowest BCUT2D eigenvalue weighted by molar-refractivity contribution is -0.123. The highest BCUT2D eigenvalue weighted by Gasteiger charge is 2.31. The van der Waals surface area contributed by atoms with E-state index >= 15 is 0 Å². The number of rotatable bonds is 9. The topological polar surface area (TPSA) is 74.4 Å². The average Bonchev–Trinajstić information content (AvgIpc) is 2.98. The molecule has 2 aliphatic heterocycles. The standard InChI is InChI=1S/C31H33FN4O4/c1-39-24-13-11-23(12-14-24)21-29-31(38)36(27-9-4-5-10-28(27)40-29)22-30(37)33-15-6-16-34-17-19-35(20-18-34)26-8-3-2-7-25(26)32/h2-5,7-14,21H,6,15-20,22H2,1H3,(H,33,37). The molecule has 3 aromatic rings. The van der Waals surface area contributed by atoms with Gasteiger partial charge < -0.3 is 19.7 Å². The van der Waals surface area contributed by atoms with Crippen molar-refractivity contribution in [2.75, 3.05) is 62.7 Å². The number of piperazine rings is 1. The summed E-state index contributed by atoms with van der Waals surface area (Å²) < 4.78 is 25.2. The fourth-order valence-corrected chi connectivity index (χ4v) is 4.92. The number of hydrogen-bond donors (Lipinski definition) is 1. The van der Waals surface area contributed by atoms with E-state index in [-0.39, 0.29) is 29.9 Å². The molecule has 2 heterocycles. The molecule has 1 N–H and O–H groups in total. The number of para-hydroxylation sites is 3. The highest BCUT2D eigenvalue weighted by Crippen LogP contribution is 2.35. The second-order valence-electron chi connectivity index (χ2n) is 9.73. The van der Waals surface area contributed by atoms with Crippen LogP contribution in [-0.2, 0) is 9.59 Å². The number of benzene rings is 3. The third kappa shape index (κ3) is 6.43. The Balaban J connectivity index is 1.12. The molecule has 0 radical (unpaired) electrons. The lowest BCUT2D eigenvalue weighted by Gasteiger charge is -2.36. The molecule has 1 saturated heterocycles.